The summed E-state index contributed by atoms with van der Waals surface area (Å²) < 4.78 is 10.2. The fraction of sp³-hybridized carbons (Fsp3) is 0.167. The molecule has 0 fully saturated rings. The van der Waals surface area contributed by atoms with E-state index in [1.807, 2.05) is 0 Å². The molecule has 0 atom stereocenters. The van der Waals surface area contributed by atoms with Gasteiger partial charge in [-0.15, -0.1) is 0 Å². The number of amides is 1. The number of methoxy groups -OCH3 is 2. The molecule has 100 valence electrons. The summed E-state index contributed by atoms with van der Waals surface area (Å²) in [5.41, 5.74) is 0.321. The van der Waals surface area contributed by atoms with Crippen molar-refractivity contribution in [1.82, 2.24) is 10.2 Å². The molecular weight excluding hydrogens is 250 g/mol. The minimum absolute atomic E-state index is 0.153. The van der Waals surface area contributed by atoms with Gasteiger partial charge >= 0.3 is 0 Å². The van der Waals surface area contributed by atoms with Gasteiger partial charge in [0.2, 0.25) is 0 Å². The average Bonchev–Trinajstić information content (AvgIpc) is 2.85. The normalized spacial score (nSPS) is 10.0. The van der Waals surface area contributed by atoms with Crippen LogP contribution >= 0.6 is 0 Å². The Labute approximate surface area is 108 Å². The summed E-state index contributed by atoms with van der Waals surface area (Å²) in [4.78, 5) is 22.7. The summed E-state index contributed by atoms with van der Waals surface area (Å²) in [5, 5.41) is 7.39. The number of hydrogen-bond acceptors (Lipinski definition) is 4. The van der Waals surface area contributed by atoms with Gasteiger partial charge in [0.25, 0.3) is 11.5 Å². The number of benzene rings is 1. The Morgan fingerprint density at radius 1 is 1.11 bits per heavy atom. The van der Waals surface area contributed by atoms with Crippen LogP contribution in [0.5, 0.6) is 11.5 Å². The van der Waals surface area contributed by atoms with Gasteiger partial charge in [-0.25, -0.2) is 0 Å². The van der Waals surface area contributed by atoms with E-state index < -0.39 is 5.91 Å². The fourth-order valence-corrected chi connectivity index (χ4v) is 1.57. The van der Waals surface area contributed by atoms with Crippen molar-refractivity contribution in [2.75, 3.05) is 19.5 Å². The number of ether oxygens (including phenoxy) is 2. The third-order valence-electron chi connectivity index (χ3n) is 2.48. The van der Waals surface area contributed by atoms with Gasteiger partial charge in [0.05, 0.1) is 14.2 Å². The number of anilines is 1. The quantitative estimate of drug-likeness (QED) is 0.765. The second-order valence-electron chi connectivity index (χ2n) is 3.70. The van der Waals surface area contributed by atoms with E-state index in [4.69, 9.17) is 9.47 Å². The molecule has 1 heterocycles. The van der Waals surface area contributed by atoms with E-state index >= 15 is 0 Å². The molecule has 0 radical (unpaired) electrons. The molecule has 0 saturated heterocycles. The van der Waals surface area contributed by atoms with Gasteiger partial charge in [-0.1, -0.05) is 0 Å². The predicted octanol–water partition coefficient (Wildman–Crippen LogP) is 0.972. The Morgan fingerprint density at radius 2 is 1.84 bits per heavy atom. The maximum absolute atomic E-state index is 11.8. The second kappa shape index (κ2) is 5.30. The molecule has 19 heavy (non-hydrogen) atoms. The zero-order chi connectivity index (χ0) is 13.8. The van der Waals surface area contributed by atoms with Crippen molar-refractivity contribution in [2.24, 2.45) is 0 Å². The molecule has 0 saturated carbocycles. The summed E-state index contributed by atoms with van der Waals surface area (Å²) in [7, 11) is 3.04. The molecule has 2 aromatic rings. The Bertz CT molecular complexity index is 644. The lowest BCUT2D eigenvalue weighted by Gasteiger charge is -2.10. The highest BCUT2D eigenvalue weighted by atomic mass is 16.5. The molecule has 2 rings (SSSR count). The Kier molecular flexibility index (Phi) is 3.56. The van der Waals surface area contributed by atoms with Crippen LogP contribution in [0.2, 0.25) is 0 Å². The van der Waals surface area contributed by atoms with Crippen molar-refractivity contribution in [1.29, 1.82) is 0 Å². The number of rotatable bonds is 4. The first kappa shape index (κ1) is 12.7. The summed E-state index contributed by atoms with van der Waals surface area (Å²) in [6.45, 7) is 0. The SMILES string of the molecule is COc1ccc(NC(=O)c2cc(=O)[nH][nH]2)cc1OC. The largest absolute Gasteiger partial charge is 0.493 e. The van der Waals surface area contributed by atoms with Crippen LogP contribution in [0.25, 0.3) is 0 Å². The van der Waals surface area contributed by atoms with Crippen LogP contribution in [0.4, 0.5) is 5.69 Å². The molecule has 7 nitrogen and oxygen atoms in total. The summed E-state index contributed by atoms with van der Waals surface area (Å²) in [6.07, 6.45) is 0. The third kappa shape index (κ3) is 2.76. The summed E-state index contributed by atoms with van der Waals surface area (Å²) in [6, 6.07) is 6.15. The molecule has 0 aliphatic carbocycles. The topological polar surface area (TPSA) is 96.2 Å². The van der Waals surface area contributed by atoms with Crippen molar-refractivity contribution in [3.05, 3.63) is 40.3 Å². The van der Waals surface area contributed by atoms with Gasteiger partial charge in [0.15, 0.2) is 11.5 Å². The standard InChI is InChI=1S/C12H13N3O4/c1-18-9-4-3-7(5-10(9)19-2)13-12(17)8-6-11(16)15-14-8/h3-6H,1-2H3,(H,13,17)(H2,14,15,16). The molecule has 1 aromatic heterocycles. The van der Waals surface area contributed by atoms with Gasteiger partial charge in [-0.05, 0) is 12.1 Å². The third-order valence-corrected chi connectivity index (χ3v) is 2.48. The number of aromatic amines is 2. The first-order valence-corrected chi connectivity index (χ1v) is 5.45. The maximum Gasteiger partial charge on any atom is 0.273 e. The lowest BCUT2D eigenvalue weighted by Crippen LogP contribution is -2.12. The number of carbonyl (C=O) groups is 1. The van der Waals surface area contributed by atoms with Gasteiger partial charge < -0.3 is 14.8 Å². The first-order chi connectivity index (χ1) is 9.13. The van der Waals surface area contributed by atoms with Crippen molar-refractivity contribution in [2.45, 2.75) is 0 Å². The minimum atomic E-state index is -0.425. The van der Waals surface area contributed by atoms with Gasteiger partial charge in [-0.2, -0.15) is 0 Å². The van der Waals surface area contributed by atoms with Gasteiger partial charge in [0, 0.05) is 17.8 Å². The zero-order valence-electron chi connectivity index (χ0n) is 10.4. The average molecular weight is 263 g/mol. The molecule has 0 aliphatic heterocycles. The van der Waals surface area contributed by atoms with Gasteiger partial charge in [-0.3, -0.25) is 19.8 Å². The van der Waals surface area contributed by atoms with Crippen molar-refractivity contribution in [3.8, 4) is 11.5 Å². The van der Waals surface area contributed by atoms with E-state index in [0.717, 1.165) is 0 Å². The van der Waals surface area contributed by atoms with Crippen LogP contribution in [-0.2, 0) is 0 Å². The second-order valence-corrected chi connectivity index (χ2v) is 3.70. The van der Waals surface area contributed by atoms with Crippen molar-refractivity contribution in [3.63, 3.8) is 0 Å². The number of H-pyrrole nitrogens is 2. The molecule has 0 spiro atoms. The van der Waals surface area contributed by atoms with Crippen LogP contribution in [0, 0.1) is 0 Å². The van der Waals surface area contributed by atoms with E-state index in [2.05, 4.69) is 15.5 Å². The van der Waals surface area contributed by atoms with E-state index in [1.165, 1.54) is 20.3 Å². The monoisotopic (exact) mass is 263 g/mol. The Hall–Kier alpha value is -2.70. The molecule has 0 aliphatic rings. The van der Waals surface area contributed by atoms with Crippen LogP contribution in [0.3, 0.4) is 0 Å². The number of nitrogens with one attached hydrogen (secondary N) is 3. The zero-order valence-corrected chi connectivity index (χ0v) is 10.4. The molecule has 7 heteroatoms. The highest BCUT2D eigenvalue weighted by Crippen LogP contribution is 2.29. The van der Waals surface area contributed by atoms with E-state index in [-0.39, 0.29) is 11.3 Å². The van der Waals surface area contributed by atoms with Crippen molar-refractivity contribution < 1.29 is 14.3 Å². The van der Waals surface area contributed by atoms with E-state index in [9.17, 15) is 9.59 Å². The van der Waals surface area contributed by atoms with Crippen LogP contribution in [0.15, 0.2) is 29.1 Å². The highest BCUT2D eigenvalue weighted by molar-refractivity contribution is 6.02. The number of carbonyl (C=O) groups excluding carboxylic acids is 1. The Morgan fingerprint density at radius 3 is 2.42 bits per heavy atom. The van der Waals surface area contributed by atoms with Crippen LogP contribution in [0.1, 0.15) is 10.5 Å². The fourth-order valence-electron chi connectivity index (χ4n) is 1.57. The Balaban J connectivity index is 2.19. The molecule has 0 bridgehead atoms. The number of hydrogen-bond donors (Lipinski definition) is 3. The maximum atomic E-state index is 11.8. The molecule has 0 unspecified atom stereocenters. The molecule has 1 aromatic carbocycles. The van der Waals surface area contributed by atoms with E-state index in [0.29, 0.717) is 17.2 Å². The molecule has 1 amide bonds. The number of aromatic nitrogens is 2. The van der Waals surface area contributed by atoms with Crippen molar-refractivity contribution >= 4 is 11.6 Å². The first-order valence-electron chi connectivity index (χ1n) is 5.45. The minimum Gasteiger partial charge on any atom is -0.493 e. The van der Waals surface area contributed by atoms with Crippen LogP contribution < -0.4 is 20.3 Å². The smallest absolute Gasteiger partial charge is 0.273 e. The summed E-state index contributed by atoms with van der Waals surface area (Å²) >= 11 is 0. The van der Waals surface area contributed by atoms with E-state index in [1.54, 1.807) is 18.2 Å². The van der Waals surface area contributed by atoms with Gasteiger partial charge in [0.1, 0.15) is 5.69 Å². The molecule has 3 N–H and O–H groups in total. The lowest BCUT2D eigenvalue weighted by atomic mass is 10.2. The predicted molar refractivity (Wildman–Crippen MR) is 68.9 cm³/mol. The molecular formula is C12H13N3O4. The lowest BCUT2D eigenvalue weighted by molar-refractivity contribution is 0.102. The summed E-state index contributed by atoms with van der Waals surface area (Å²) in [5.74, 6) is 0.643. The van der Waals surface area contributed by atoms with Crippen LogP contribution in [-0.4, -0.2) is 30.3 Å². The highest BCUT2D eigenvalue weighted by Gasteiger charge is 2.10.